The smallest absolute Gasteiger partial charge is 0.345 e. The molecule has 0 aliphatic rings. The van der Waals surface area contributed by atoms with Gasteiger partial charge in [0.15, 0.2) is 0 Å². The van der Waals surface area contributed by atoms with E-state index in [0.29, 0.717) is 0 Å². The molecule has 0 radical (unpaired) electrons. The lowest BCUT2D eigenvalue weighted by Gasteiger charge is -2.05. The second-order valence-corrected chi connectivity index (χ2v) is 5.22. The van der Waals surface area contributed by atoms with Crippen LogP contribution in [-0.2, 0) is 17.4 Å². The summed E-state index contributed by atoms with van der Waals surface area (Å²) in [6.07, 6.45) is -4.64. The lowest BCUT2D eigenvalue weighted by atomic mass is 10.1. The highest BCUT2D eigenvalue weighted by Gasteiger charge is 2.30. The zero-order valence-electron chi connectivity index (χ0n) is 13.3. The molecule has 0 aromatic heterocycles. The van der Waals surface area contributed by atoms with Gasteiger partial charge in [0, 0.05) is 17.2 Å². The first-order chi connectivity index (χ1) is 12.3. The first-order valence-electron chi connectivity index (χ1n) is 7.42. The number of benzene rings is 2. The molecule has 0 aliphatic heterocycles. The zero-order chi connectivity index (χ0) is 19.2. The van der Waals surface area contributed by atoms with Crippen LogP contribution in [0.5, 0.6) is 0 Å². The minimum atomic E-state index is -4.45. The van der Waals surface area contributed by atoms with Gasteiger partial charge < -0.3 is 5.32 Å². The standard InChI is InChI=1S/C18H13F3N2O3/c19-18(20,21)15-8-3-5-13(11-15)6-4-10-22-17(24)12-14-7-1-2-9-16(14)23(25)26/h1-3,5,7-9,11H,10,12H2,(H,22,24). The molecule has 8 heteroatoms. The van der Waals surface area contributed by atoms with E-state index in [1.54, 1.807) is 6.07 Å². The molecule has 0 atom stereocenters. The lowest BCUT2D eigenvalue weighted by molar-refractivity contribution is -0.385. The molecule has 1 N–H and O–H groups in total. The molecular formula is C18H13F3N2O3. The molecule has 5 nitrogen and oxygen atoms in total. The summed E-state index contributed by atoms with van der Waals surface area (Å²) >= 11 is 0. The molecule has 2 aromatic carbocycles. The maximum Gasteiger partial charge on any atom is 0.416 e. The third-order valence-corrected chi connectivity index (χ3v) is 3.34. The topological polar surface area (TPSA) is 72.2 Å². The van der Waals surface area contributed by atoms with Gasteiger partial charge in [0.2, 0.25) is 5.91 Å². The van der Waals surface area contributed by atoms with Crippen LogP contribution in [0.25, 0.3) is 0 Å². The quantitative estimate of drug-likeness (QED) is 0.515. The minimum absolute atomic E-state index is 0.0876. The van der Waals surface area contributed by atoms with E-state index in [4.69, 9.17) is 0 Å². The first kappa shape index (κ1) is 19.0. The minimum Gasteiger partial charge on any atom is -0.345 e. The van der Waals surface area contributed by atoms with Crippen LogP contribution in [0.15, 0.2) is 48.5 Å². The van der Waals surface area contributed by atoms with Crippen molar-refractivity contribution in [3.63, 3.8) is 0 Å². The normalized spacial score (nSPS) is 10.6. The number of carbonyl (C=O) groups excluding carboxylic acids is 1. The van der Waals surface area contributed by atoms with Gasteiger partial charge in [-0.1, -0.05) is 36.1 Å². The Morgan fingerprint density at radius 2 is 1.88 bits per heavy atom. The van der Waals surface area contributed by atoms with Gasteiger partial charge in [-0.3, -0.25) is 14.9 Å². The molecule has 0 bridgehead atoms. The van der Waals surface area contributed by atoms with E-state index in [1.165, 1.54) is 30.3 Å². The summed E-state index contributed by atoms with van der Waals surface area (Å²) in [5.41, 5.74) is -0.518. The molecule has 0 fully saturated rings. The van der Waals surface area contributed by atoms with Gasteiger partial charge >= 0.3 is 6.18 Å². The number of hydrogen-bond acceptors (Lipinski definition) is 3. The van der Waals surface area contributed by atoms with Gasteiger partial charge in [-0.05, 0) is 18.2 Å². The van der Waals surface area contributed by atoms with Crippen LogP contribution >= 0.6 is 0 Å². The number of nitro groups is 1. The molecule has 2 rings (SSSR count). The molecule has 0 aliphatic carbocycles. The Kier molecular flexibility index (Phi) is 5.96. The summed E-state index contributed by atoms with van der Waals surface area (Å²) in [5.74, 6) is 4.61. The highest BCUT2D eigenvalue weighted by molar-refractivity contribution is 5.80. The van der Waals surface area contributed by atoms with E-state index < -0.39 is 22.6 Å². The van der Waals surface area contributed by atoms with Crippen molar-refractivity contribution in [3.05, 3.63) is 75.3 Å². The Hall–Kier alpha value is -3.34. The molecule has 2 aromatic rings. The second kappa shape index (κ2) is 8.16. The van der Waals surface area contributed by atoms with E-state index >= 15 is 0 Å². The average molecular weight is 362 g/mol. The summed E-state index contributed by atoms with van der Waals surface area (Å²) in [7, 11) is 0. The van der Waals surface area contributed by atoms with Crippen molar-refractivity contribution in [2.45, 2.75) is 12.6 Å². The van der Waals surface area contributed by atoms with Crippen LogP contribution in [-0.4, -0.2) is 17.4 Å². The van der Waals surface area contributed by atoms with Crippen LogP contribution in [0, 0.1) is 22.0 Å². The first-order valence-corrected chi connectivity index (χ1v) is 7.42. The van der Waals surface area contributed by atoms with E-state index in [2.05, 4.69) is 17.2 Å². The number of amides is 1. The van der Waals surface area contributed by atoms with Crippen molar-refractivity contribution in [1.29, 1.82) is 0 Å². The number of nitrogens with one attached hydrogen (secondary N) is 1. The highest BCUT2D eigenvalue weighted by atomic mass is 19.4. The monoisotopic (exact) mass is 362 g/mol. The zero-order valence-corrected chi connectivity index (χ0v) is 13.3. The van der Waals surface area contributed by atoms with Crippen LogP contribution < -0.4 is 5.32 Å². The Morgan fingerprint density at radius 3 is 2.58 bits per heavy atom. The van der Waals surface area contributed by atoms with E-state index in [0.717, 1.165) is 12.1 Å². The predicted octanol–water partition coefficient (Wildman–Crippen LogP) is 3.32. The van der Waals surface area contributed by atoms with Gasteiger partial charge in [0.1, 0.15) is 0 Å². The third kappa shape index (κ3) is 5.34. The van der Waals surface area contributed by atoms with Gasteiger partial charge in [0.25, 0.3) is 5.69 Å². The van der Waals surface area contributed by atoms with Gasteiger partial charge in [-0.15, -0.1) is 0 Å². The molecule has 134 valence electrons. The third-order valence-electron chi connectivity index (χ3n) is 3.34. The number of rotatable bonds is 4. The number of hydrogen-bond donors (Lipinski definition) is 1. The Labute approximate surface area is 147 Å². The maximum absolute atomic E-state index is 12.6. The summed E-state index contributed by atoms with van der Waals surface area (Å²) in [6.45, 7) is -0.0876. The SMILES string of the molecule is O=C(Cc1ccccc1[N+](=O)[O-])NCC#Cc1cccc(C(F)(F)F)c1. The van der Waals surface area contributed by atoms with E-state index in [-0.39, 0.29) is 29.8 Å². The van der Waals surface area contributed by atoms with Crippen molar-refractivity contribution in [1.82, 2.24) is 5.32 Å². The number of nitro benzene ring substituents is 1. The van der Waals surface area contributed by atoms with Crippen LogP contribution in [0.1, 0.15) is 16.7 Å². The maximum atomic E-state index is 12.6. The van der Waals surface area contributed by atoms with Crippen molar-refractivity contribution >= 4 is 11.6 Å². The number of halogens is 3. The van der Waals surface area contributed by atoms with Crippen LogP contribution in [0.2, 0.25) is 0 Å². The summed E-state index contributed by atoms with van der Waals surface area (Å²) in [5, 5.41) is 13.3. The van der Waals surface area contributed by atoms with E-state index in [9.17, 15) is 28.1 Å². The lowest BCUT2D eigenvalue weighted by Crippen LogP contribution is -2.25. The second-order valence-electron chi connectivity index (χ2n) is 5.22. The molecule has 1 amide bonds. The van der Waals surface area contributed by atoms with Crippen molar-refractivity contribution in [2.75, 3.05) is 6.54 Å². The Morgan fingerprint density at radius 1 is 1.15 bits per heavy atom. The van der Waals surface area contributed by atoms with Crippen molar-refractivity contribution in [2.24, 2.45) is 0 Å². The van der Waals surface area contributed by atoms with Crippen LogP contribution in [0.3, 0.4) is 0 Å². The Balaban J connectivity index is 1.94. The van der Waals surface area contributed by atoms with Crippen LogP contribution in [0.4, 0.5) is 18.9 Å². The van der Waals surface area contributed by atoms with Gasteiger partial charge in [-0.2, -0.15) is 13.2 Å². The highest BCUT2D eigenvalue weighted by Crippen LogP contribution is 2.29. The number of para-hydroxylation sites is 1. The largest absolute Gasteiger partial charge is 0.416 e. The Bertz CT molecular complexity index is 883. The molecule has 0 heterocycles. The summed E-state index contributed by atoms with van der Waals surface area (Å²) in [4.78, 5) is 22.2. The fourth-order valence-electron chi connectivity index (χ4n) is 2.14. The summed E-state index contributed by atoms with van der Waals surface area (Å²) in [6, 6.07) is 10.4. The molecule has 0 unspecified atom stereocenters. The fourth-order valence-corrected chi connectivity index (χ4v) is 2.14. The number of nitrogens with zero attached hydrogens (tertiary/aromatic N) is 1. The van der Waals surface area contributed by atoms with Gasteiger partial charge in [-0.25, -0.2) is 0 Å². The van der Waals surface area contributed by atoms with Crippen molar-refractivity contribution < 1.29 is 22.9 Å². The van der Waals surface area contributed by atoms with E-state index in [1.807, 2.05) is 0 Å². The van der Waals surface area contributed by atoms with Gasteiger partial charge in [0.05, 0.1) is 23.5 Å². The average Bonchev–Trinajstić information content (AvgIpc) is 2.58. The van der Waals surface area contributed by atoms with Crippen molar-refractivity contribution in [3.8, 4) is 11.8 Å². The number of carbonyl (C=O) groups is 1. The molecule has 26 heavy (non-hydrogen) atoms. The molecule has 0 spiro atoms. The molecular weight excluding hydrogens is 349 g/mol. The molecule has 0 saturated heterocycles. The predicted molar refractivity (Wildman–Crippen MR) is 88.1 cm³/mol. The molecule has 0 saturated carbocycles. The number of alkyl halides is 3. The fraction of sp³-hybridized carbons (Fsp3) is 0.167. The summed E-state index contributed by atoms with van der Waals surface area (Å²) < 4.78 is 37.8.